The summed E-state index contributed by atoms with van der Waals surface area (Å²) in [6.45, 7) is 0.186. The van der Waals surface area contributed by atoms with Gasteiger partial charge in [0.1, 0.15) is 40.2 Å². The van der Waals surface area contributed by atoms with Gasteiger partial charge in [0, 0.05) is 40.7 Å². The van der Waals surface area contributed by atoms with Crippen LogP contribution in [0.15, 0.2) is 72.4 Å². The molecule has 0 saturated carbocycles. The molecule has 12 heteroatoms. The fraction of sp³-hybridized carbons (Fsp3) is 0.179. The van der Waals surface area contributed by atoms with Gasteiger partial charge in [-0.2, -0.15) is 0 Å². The molecule has 2 aromatic heterocycles. The second-order valence-corrected chi connectivity index (χ2v) is 12.9. The van der Waals surface area contributed by atoms with Gasteiger partial charge in [0.25, 0.3) is 0 Å². The second kappa shape index (κ2) is 11.8. The Morgan fingerprint density at radius 2 is 1.98 bits per heavy atom. The molecule has 5 aromatic rings. The van der Waals surface area contributed by atoms with Crippen molar-refractivity contribution >= 4 is 55.2 Å². The summed E-state index contributed by atoms with van der Waals surface area (Å²) in [5, 5.41) is 7.16. The number of thiazole rings is 1. The Balaban J connectivity index is 1.33. The highest BCUT2D eigenvalue weighted by molar-refractivity contribution is 7.90. The molecule has 0 aliphatic carbocycles. The Morgan fingerprint density at radius 3 is 2.75 bits per heavy atom. The van der Waals surface area contributed by atoms with E-state index in [4.69, 9.17) is 22.1 Å². The van der Waals surface area contributed by atoms with Crippen LogP contribution in [-0.4, -0.2) is 41.4 Å². The molecular formula is C28H25ClFN5O3S2. The predicted molar refractivity (Wildman–Crippen MR) is 158 cm³/mol. The van der Waals surface area contributed by atoms with Gasteiger partial charge in [-0.05, 0) is 48.0 Å². The second-order valence-electron chi connectivity index (χ2n) is 9.33. The summed E-state index contributed by atoms with van der Waals surface area (Å²) >= 11 is 7.91. The van der Waals surface area contributed by atoms with Crippen LogP contribution in [0.5, 0.6) is 5.75 Å². The number of hydrogen-bond acceptors (Lipinski definition) is 9. The van der Waals surface area contributed by atoms with E-state index in [2.05, 4.69) is 20.3 Å². The standard InChI is InChI=1S/C28H25ClFN5O3S2/c1-40(36,37)15-20(31)11-27-35-25(14-39-27)18-5-7-24-22(10-18)28(33-16-32-24)34-21-6-8-26(23(29)12-21)38-13-17-3-2-4-19(30)9-17/h2-10,12,14,16,20H,11,13,15,31H2,1H3,(H,32,33,34). The first-order valence-electron chi connectivity index (χ1n) is 12.2. The van der Waals surface area contributed by atoms with Gasteiger partial charge in [-0.25, -0.2) is 27.8 Å². The number of sulfone groups is 1. The molecular weight excluding hydrogens is 573 g/mol. The number of benzene rings is 3. The van der Waals surface area contributed by atoms with Crippen LogP contribution >= 0.6 is 22.9 Å². The molecule has 8 nitrogen and oxygen atoms in total. The van der Waals surface area contributed by atoms with E-state index in [9.17, 15) is 12.8 Å². The number of ether oxygens (including phenoxy) is 1. The van der Waals surface area contributed by atoms with Gasteiger partial charge in [0.2, 0.25) is 0 Å². The van der Waals surface area contributed by atoms with E-state index >= 15 is 0 Å². The van der Waals surface area contributed by atoms with Crippen LogP contribution in [0.3, 0.4) is 0 Å². The van der Waals surface area contributed by atoms with E-state index < -0.39 is 15.9 Å². The van der Waals surface area contributed by atoms with Crippen molar-refractivity contribution in [2.45, 2.75) is 19.1 Å². The van der Waals surface area contributed by atoms with Gasteiger partial charge in [-0.15, -0.1) is 11.3 Å². The summed E-state index contributed by atoms with van der Waals surface area (Å²) in [5.74, 6) is 0.647. The lowest BCUT2D eigenvalue weighted by Crippen LogP contribution is -2.31. The minimum Gasteiger partial charge on any atom is -0.487 e. The fourth-order valence-corrected chi connectivity index (χ4v) is 6.17. The van der Waals surface area contributed by atoms with Crippen LogP contribution in [0.1, 0.15) is 10.6 Å². The zero-order valence-corrected chi connectivity index (χ0v) is 23.7. The molecule has 40 heavy (non-hydrogen) atoms. The summed E-state index contributed by atoms with van der Waals surface area (Å²) in [5.41, 5.74) is 9.77. The molecule has 0 spiro atoms. The van der Waals surface area contributed by atoms with Crippen molar-refractivity contribution in [1.29, 1.82) is 0 Å². The first kappa shape index (κ1) is 27.9. The smallest absolute Gasteiger partial charge is 0.148 e. The third-order valence-corrected chi connectivity index (χ3v) is 8.11. The zero-order chi connectivity index (χ0) is 28.3. The summed E-state index contributed by atoms with van der Waals surface area (Å²) in [4.78, 5) is 13.5. The van der Waals surface area contributed by atoms with Crippen LogP contribution in [-0.2, 0) is 22.9 Å². The highest BCUT2D eigenvalue weighted by Gasteiger charge is 2.15. The van der Waals surface area contributed by atoms with Gasteiger partial charge >= 0.3 is 0 Å². The van der Waals surface area contributed by atoms with Gasteiger partial charge in [0.05, 0.1) is 27.0 Å². The maximum atomic E-state index is 13.4. The van der Waals surface area contributed by atoms with Crippen molar-refractivity contribution in [3.8, 4) is 17.0 Å². The molecule has 206 valence electrons. The third-order valence-electron chi connectivity index (χ3n) is 5.91. The fourth-order valence-electron chi connectivity index (χ4n) is 4.15. The number of nitrogens with two attached hydrogens (primary N) is 1. The molecule has 0 aliphatic rings. The minimum atomic E-state index is -3.16. The van der Waals surface area contributed by atoms with E-state index in [1.54, 1.807) is 24.3 Å². The Kier molecular flexibility index (Phi) is 8.27. The van der Waals surface area contributed by atoms with Crippen LogP contribution in [0.4, 0.5) is 15.9 Å². The van der Waals surface area contributed by atoms with E-state index in [-0.39, 0.29) is 18.2 Å². The maximum absolute atomic E-state index is 13.4. The van der Waals surface area contributed by atoms with Gasteiger partial charge < -0.3 is 15.8 Å². The first-order valence-corrected chi connectivity index (χ1v) is 15.5. The van der Waals surface area contributed by atoms with Crippen LogP contribution in [0.2, 0.25) is 5.02 Å². The molecule has 0 saturated heterocycles. The highest BCUT2D eigenvalue weighted by atomic mass is 35.5. The molecule has 0 bridgehead atoms. The predicted octanol–water partition coefficient (Wildman–Crippen LogP) is 5.78. The minimum absolute atomic E-state index is 0.0889. The molecule has 2 heterocycles. The van der Waals surface area contributed by atoms with E-state index in [0.29, 0.717) is 34.3 Å². The molecule has 0 radical (unpaired) electrons. The SMILES string of the molecule is CS(=O)(=O)CC(N)Cc1nc(-c2ccc3ncnc(Nc4ccc(OCc5cccc(F)c5)c(Cl)c4)c3c2)cs1. The number of rotatable bonds is 10. The summed E-state index contributed by atoms with van der Waals surface area (Å²) < 4.78 is 42.3. The molecule has 3 aromatic carbocycles. The number of anilines is 2. The monoisotopic (exact) mass is 597 g/mol. The topological polar surface area (TPSA) is 120 Å². The molecule has 0 aliphatic heterocycles. The first-order chi connectivity index (χ1) is 19.1. The van der Waals surface area contributed by atoms with Crippen LogP contribution < -0.4 is 15.8 Å². The van der Waals surface area contributed by atoms with Crippen LogP contribution in [0.25, 0.3) is 22.2 Å². The third kappa shape index (κ3) is 7.11. The number of halogens is 2. The largest absolute Gasteiger partial charge is 0.487 e. The molecule has 1 atom stereocenters. The summed E-state index contributed by atoms with van der Waals surface area (Å²) in [6.07, 6.45) is 3.03. The Labute approximate surface area is 240 Å². The molecule has 1 unspecified atom stereocenters. The number of aromatic nitrogens is 3. The van der Waals surface area contributed by atoms with E-state index in [1.807, 2.05) is 29.6 Å². The van der Waals surface area contributed by atoms with Crippen molar-refractivity contribution in [2.24, 2.45) is 5.73 Å². The lowest BCUT2D eigenvalue weighted by molar-refractivity contribution is 0.306. The summed E-state index contributed by atoms with van der Waals surface area (Å²) in [6, 6.07) is 16.7. The van der Waals surface area contributed by atoms with Gasteiger partial charge in [-0.3, -0.25) is 0 Å². The molecule has 0 amide bonds. The maximum Gasteiger partial charge on any atom is 0.148 e. The zero-order valence-electron chi connectivity index (χ0n) is 21.3. The molecule has 3 N–H and O–H groups in total. The van der Waals surface area contributed by atoms with E-state index in [0.717, 1.165) is 27.2 Å². The van der Waals surface area contributed by atoms with Crippen molar-refractivity contribution < 1.29 is 17.5 Å². The average Bonchev–Trinajstić information content (AvgIpc) is 3.35. The Morgan fingerprint density at radius 1 is 1.12 bits per heavy atom. The summed E-state index contributed by atoms with van der Waals surface area (Å²) in [7, 11) is -3.16. The molecule has 5 rings (SSSR count). The van der Waals surface area contributed by atoms with Gasteiger partial charge in [0.15, 0.2) is 0 Å². The van der Waals surface area contributed by atoms with Crippen molar-refractivity contribution in [3.63, 3.8) is 0 Å². The van der Waals surface area contributed by atoms with Crippen molar-refractivity contribution in [1.82, 2.24) is 15.0 Å². The Bertz CT molecular complexity index is 1780. The van der Waals surface area contributed by atoms with Crippen molar-refractivity contribution in [3.05, 3.63) is 93.8 Å². The quantitative estimate of drug-likeness (QED) is 0.208. The van der Waals surface area contributed by atoms with Crippen molar-refractivity contribution in [2.75, 3.05) is 17.3 Å². The number of fused-ring (bicyclic) bond motifs is 1. The van der Waals surface area contributed by atoms with Gasteiger partial charge in [-0.1, -0.05) is 29.8 Å². The number of nitrogens with one attached hydrogen (secondary N) is 1. The van der Waals surface area contributed by atoms with E-state index in [1.165, 1.54) is 36.1 Å². The highest BCUT2D eigenvalue weighted by Crippen LogP contribution is 2.32. The lowest BCUT2D eigenvalue weighted by atomic mass is 10.1. The van der Waals surface area contributed by atoms with Crippen LogP contribution in [0, 0.1) is 5.82 Å². The normalized spacial score (nSPS) is 12.4. The number of hydrogen-bond donors (Lipinski definition) is 2. The lowest BCUT2D eigenvalue weighted by Gasteiger charge is -2.12. The Hall–Kier alpha value is -3.64. The number of nitrogens with zero attached hydrogens (tertiary/aromatic N) is 3. The molecule has 0 fully saturated rings. The average molecular weight is 598 g/mol.